The van der Waals surface area contributed by atoms with E-state index in [0.717, 1.165) is 13.0 Å². The summed E-state index contributed by atoms with van der Waals surface area (Å²) in [5.41, 5.74) is 0.717. The normalized spacial score (nSPS) is 12.8. The smallest absolute Gasteiger partial charge is 0.131 e. The molecule has 0 aromatic heterocycles. The Hall–Kier alpha value is -1.09. The van der Waals surface area contributed by atoms with Crippen molar-refractivity contribution in [2.75, 3.05) is 13.7 Å². The Balaban J connectivity index is 2.93. The summed E-state index contributed by atoms with van der Waals surface area (Å²) in [6.45, 7) is 7.19. The van der Waals surface area contributed by atoms with E-state index in [2.05, 4.69) is 26.1 Å². The van der Waals surface area contributed by atoms with Gasteiger partial charge in [-0.2, -0.15) is 0 Å². The summed E-state index contributed by atoms with van der Waals surface area (Å²) < 4.78 is 19.0. The molecule has 3 heteroatoms. The van der Waals surface area contributed by atoms with E-state index >= 15 is 0 Å². The molecule has 0 saturated carbocycles. The lowest BCUT2D eigenvalue weighted by Crippen LogP contribution is -2.27. The predicted octanol–water partition coefficient (Wildman–Crippen LogP) is 3.53. The Kier molecular flexibility index (Phi) is 5.42. The van der Waals surface area contributed by atoms with E-state index in [4.69, 9.17) is 4.74 Å². The Morgan fingerprint density at radius 3 is 2.53 bits per heavy atom. The zero-order valence-corrected chi connectivity index (χ0v) is 11.1. The second kappa shape index (κ2) is 6.60. The van der Waals surface area contributed by atoms with Crippen molar-refractivity contribution in [3.63, 3.8) is 0 Å². The van der Waals surface area contributed by atoms with Crippen LogP contribution in [0.5, 0.6) is 5.75 Å². The molecule has 0 aliphatic carbocycles. The molecule has 1 aromatic rings. The van der Waals surface area contributed by atoms with Crippen molar-refractivity contribution in [3.8, 4) is 5.75 Å². The molecule has 0 aliphatic rings. The van der Waals surface area contributed by atoms with Gasteiger partial charge in [0.05, 0.1) is 7.11 Å². The van der Waals surface area contributed by atoms with Crippen molar-refractivity contribution in [3.05, 3.63) is 29.6 Å². The van der Waals surface area contributed by atoms with Crippen molar-refractivity contribution in [2.45, 2.75) is 33.2 Å². The van der Waals surface area contributed by atoms with Crippen LogP contribution in [0.1, 0.15) is 38.8 Å². The van der Waals surface area contributed by atoms with Crippen LogP contribution in [0.25, 0.3) is 0 Å². The van der Waals surface area contributed by atoms with Crippen LogP contribution in [0.15, 0.2) is 18.2 Å². The van der Waals surface area contributed by atoms with Gasteiger partial charge >= 0.3 is 0 Å². The fraction of sp³-hybridized carbons (Fsp3) is 0.571. The first-order chi connectivity index (χ1) is 8.10. The molecule has 1 N–H and O–H groups in total. The van der Waals surface area contributed by atoms with Crippen molar-refractivity contribution in [2.24, 2.45) is 5.92 Å². The van der Waals surface area contributed by atoms with E-state index in [-0.39, 0.29) is 11.9 Å². The third-order valence-electron chi connectivity index (χ3n) is 2.82. The third-order valence-corrected chi connectivity index (χ3v) is 2.82. The van der Waals surface area contributed by atoms with Crippen LogP contribution in [-0.2, 0) is 0 Å². The Morgan fingerprint density at radius 1 is 1.35 bits per heavy atom. The molecule has 17 heavy (non-hydrogen) atoms. The van der Waals surface area contributed by atoms with Gasteiger partial charge in [0.15, 0.2) is 0 Å². The number of nitrogens with one attached hydrogen (secondary N) is 1. The van der Waals surface area contributed by atoms with Crippen LogP contribution < -0.4 is 10.1 Å². The molecule has 0 fully saturated rings. The first-order valence-corrected chi connectivity index (χ1v) is 6.17. The van der Waals surface area contributed by atoms with Gasteiger partial charge in [-0.25, -0.2) is 4.39 Å². The van der Waals surface area contributed by atoms with Crippen LogP contribution >= 0.6 is 0 Å². The average Bonchev–Trinajstić information content (AvgIpc) is 2.30. The molecular weight excluding hydrogens is 217 g/mol. The van der Waals surface area contributed by atoms with Crippen LogP contribution in [0.3, 0.4) is 0 Å². The number of halogens is 1. The topological polar surface area (TPSA) is 21.3 Å². The summed E-state index contributed by atoms with van der Waals surface area (Å²) in [6, 6.07) is 5.11. The summed E-state index contributed by atoms with van der Waals surface area (Å²) in [6.07, 6.45) is 1.04. The molecule has 1 aromatic carbocycles. The largest absolute Gasteiger partial charge is 0.497 e. The molecule has 1 rings (SSSR count). The standard InChI is InChI=1S/C14H22FNO/c1-5-8-16-14(10(2)3)12-7-6-11(17-4)9-13(12)15/h6-7,9-10,14,16H,5,8H2,1-4H3. The van der Waals surface area contributed by atoms with Gasteiger partial charge in [0, 0.05) is 17.7 Å². The minimum absolute atomic E-state index is 0.0563. The average molecular weight is 239 g/mol. The van der Waals surface area contributed by atoms with Crippen molar-refractivity contribution in [1.82, 2.24) is 5.32 Å². The molecule has 1 unspecified atom stereocenters. The molecule has 0 radical (unpaired) electrons. The van der Waals surface area contributed by atoms with Crippen LogP contribution in [-0.4, -0.2) is 13.7 Å². The summed E-state index contributed by atoms with van der Waals surface area (Å²) in [4.78, 5) is 0. The quantitative estimate of drug-likeness (QED) is 0.820. The maximum Gasteiger partial charge on any atom is 0.131 e. The molecule has 96 valence electrons. The molecular formula is C14H22FNO. The number of hydrogen-bond donors (Lipinski definition) is 1. The molecule has 0 saturated heterocycles. The van der Waals surface area contributed by atoms with Crippen molar-refractivity contribution >= 4 is 0 Å². The summed E-state index contributed by atoms with van der Waals surface area (Å²) in [5.74, 6) is 0.709. The molecule has 2 nitrogen and oxygen atoms in total. The van der Waals surface area contributed by atoms with E-state index in [9.17, 15) is 4.39 Å². The number of methoxy groups -OCH3 is 1. The first kappa shape index (κ1) is 14.0. The van der Waals surface area contributed by atoms with E-state index < -0.39 is 0 Å². The Labute approximate surface area is 103 Å². The van der Waals surface area contributed by atoms with Gasteiger partial charge in [-0.1, -0.05) is 26.8 Å². The van der Waals surface area contributed by atoms with Gasteiger partial charge in [-0.05, 0) is 24.9 Å². The minimum Gasteiger partial charge on any atom is -0.497 e. The first-order valence-electron chi connectivity index (χ1n) is 6.17. The molecule has 0 aliphatic heterocycles. The van der Waals surface area contributed by atoms with Crippen molar-refractivity contribution in [1.29, 1.82) is 0 Å². The van der Waals surface area contributed by atoms with E-state index in [1.807, 2.05) is 6.07 Å². The van der Waals surface area contributed by atoms with Crippen LogP contribution in [0.4, 0.5) is 4.39 Å². The van der Waals surface area contributed by atoms with Crippen molar-refractivity contribution < 1.29 is 9.13 Å². The lowest BCUT2D eigenvalue weighted by atomic mass is 9.95. The van der Waals surface area contributed by atoms with Gasteiger partial charge in [-0.3, -0.25) is 0 Å². The fourth-order valence-electron chi connectivity index (χ4n) is 1.89. The lowest BCUT2D eigenvalue weighted by molar-refractivity contribution is 0.389. The fourth-order valence-corrected chi connectivity index (χ4v) is 1.89. The zero-order chi connectivity index (χ0) is 12.8. The summed E-state index contributed by atoms with van der Waals surface area (Å²) in [7, 11) is 1.55. The van der Waals surface area contributed by atoms with E-state index in [1.165, 1.54) is 6.07 Å². The predicted molar refractivity (Wildman–Crippen MR) is 68.8 cm³/mol. The molecule has 0 spiro atoms. The van der Waals surface area contributed by atoms with Gasteiger partial charge in [0.1, 0.15) is 11.6 Å². The summed E-state index contributed by atoms with van der Waals surface area (Å²) >= 11 is 0. The maximum atomic E-state index is 14.0. The second-order valence-electron chi connectivity index (χ2n) is 4.56. The van der Waals surface area contributed by atoms with Gasteiger partial charge < -0.3 is 10.1 Å². The number of benzene rings is 1. The molecule has 0 heterocycles. The molecule has 0 amide bonds. The molecule has 1 atom stereocenters. The van der Waals surface area contributed by atoms with Gasteiger partial charge in [0.2, 0.25) is 0 Å². The highest BCUT2D eigenvalue weighted by molar-refractivity contribution is 5.31. The number of hydrogen-bond acceptors (Lipinski definition) is 2. The molecule has 0 bridgehead atoms. The van der Waals surface area contributed by atoms with Crippen LogP contribution in [0.2, 0.25) is 0 Å². The summed E-state index contributed by atoms with van der Waals surface area (Å²) in [5, 5.41) is 3.38. The Bertz CT molecular complexity index is 352. The van der Waals surface area contributed by atoms with Gasteiger partial charge in [-0.15, -0.1) is 0 Å². The maximum absolute atomic E-state index is 14.0. The number of ether oxygens (including phenoxy) is 1. The third kappa shape index (κ3) is 3.70. The minimum atomic E-state index is -0.202. The van der Waals surface area contributed by atoms with E-state index in [1.54, 1.807) is 13.2 Å². The van der Waals surface area contributed by atoms with Crippen LogP contribution in [0, 0.1) is 11.7 Å². The highest BCUT2D eigenvalue weighted by Gasteiger charge is 2.18. The zero-order valence-electron chi connectivity index (χ0n) is 11.1. The second-order valence-corrected chi connectivity index (χ2v) is 4.56. The van der Waals surface area contributed by atoms with Gasteiger partial charge in [0.25, 0.3) is 0 Å². The highest BCUT2D eigenvalue weighted by Crippen LogP contribution is 2.26. The lowest BCUT2D eigenvalue weighted by Gasteiger charge is -2.23. The Morgan fingerprint density at radius 2 is 2.06 bits per heavy atom. The monoisotopic (exact) mass is 239 g/mol. The van der Waals surface area contributed by atoms with E-state index in [0.29, 0.717) is 17.2 Å². The highest BCUT2D eigenvalue weighted by atomic mass is 19.1. The SMILES string of the molecule is CCCNC(c1ccc(OC)cc1F)C(C)C. The number of rotatable bonds is 6.